The minimum atomic E-state index is -1.19. The largest absolute Gasteiger partial charge is 0.496 e. The van der Waals surface area contributed by atoms with Crippen LogP contribution in [0.25, 0.3) is 0 Å². The molecule has 0 spiro atoms. The molecule has 33 heavy (non-hydrogen) atoms. The Morgan fingerprint density at radius 2 is 1.79 bits per heavy atom. The molecule has 0 aromatic heterocycles. The van der Waals surface area contributed by atoms with Crippen LogP contribution in [0, 0.1) is 18.7 Å². The van der Waals surface area contributed by atoms with Gasteiger partial charge in [-0.05, 0) is 48.4 Å². The molecule has 7 nitrogen and oxygen atoms in total. The second-order valence-electron chi connectivity index (χ2n) is 8.34. The molecule has 0 bridgehead atoms. The van der Waals surface area contributed by atoms with Crippen molar-refractivity contribution in [3.05, 3.63) is 65.0 Å². The number of methoxy groups -OCH3 is 1. The van der Waals surface area contributed by atoms with E-state index in [9.17, 15) is 18.8 Å². The quantitative estimate of drug-likeness (QED) is 0.363. The molecule has 2 atom stereocenters. The fourth-order valence-corrected chi connectivity index (χ4v) is 4.54. The normalized spacial score (nSPS) is 21.5. The summed E-state index contributed by atoms with van der Waals surface area (Å²) >= 11 is 0. The number of nitrogens with zero attached hydrogens (tertiary/aromatic N) is 2. The van der Waals surface area contributed by atoms with E-state index < -0.39 is 35.3 Å². The van der Waals surface area contributed by atoms with Crippen LogP contribution in [0.2, 0.25) is 0 Å². The molecule has 2 aliphatic rings. The zero-order valence-electron chi connectivity index (χ0n) is 18.8. The number of hydrogen-bond acceptors (Lipinski definition) is 6. The van der Waals surface area contributed by atoms with Crippen LogP contribution in [0.1, 0.15) is 27.5 Å². The number of rotatable bonds is 7. The van der Waals surface area contributed by atoms with E-state index in [1.165, 1.54) is 29.2 Å². The highest BCUT2D eigenvalue weighted by molar-refractivity contribution is 6.44. The summed E-state index contributed by atoms with van der Waals surface area (Å²) in [6.07, 6.45) is 0. The molecule has 1 amide bonds. The van der Waals surface area contributed by atoms with Crippen molar-refractivity contribution in [2.24, 2.45) is 5.92 Å². The molecule has 2 aromatic carbocycles. The van der Waals surface area contributed by atoms with Crippen LogP contribution in [-0.4, -0.2) is 73.8 Å². The van der Waals surface area contributed by atoms with E-state index in [0.717, 1.165) is 18.7 Å². The SMILES string of the molecule is COc1ccc(C(=O)C2C(=O)C(=O)N(CCN3CCOCC3)C2c2ccc(F)cc2)cc1C. The maximum Gasteiger partial charge on any atom is 0.291 e. The lowest BCUT2D eigenvalue weighted by molar-refractivity contribution is -0.141. The molecule has 8 heteroatoms. The lowest BCUT2D eigenvalue weighted by atomic mass is 9.86. The van der Waals surface area contributed by atoms with E-state index in [0.29, 0.717) is 36.6 Å². The van der Waals surface area contributed by atoms with E-state index in [2.05, 4.69) is 4.90 Å². The summed E-state index contributed by atoms with van der Waals surface area (Å²) in [7, 11) is 1.54. The highest BCUT2D eigenvalue weighted by atomic mass is 19.1. The summed E-state index contributed by atoms with van der Waals surface area (Å²) in [4.78, 5) is 43.3. The second-order valence-corrected chi connectivity index (χ2v) is 8.34. The average Bonchev–Trinajstić information content (AvgIpc) is 3.08. The third kappa shape index (κ3) is 4.67. The zero-order valence-corrected chi connectivity index (χ0v) is 18.8. The van der Waals surface area contributed by atoms with E-state index in [-0.39, 0.29) is 6.54 Å². The first-order valence-corrected chi connectivity index (χ1v) is 11.0. The summed E-state index contributed by atoms with van der Waals surface area (Å²) in [6.45, 7) is 5.37. The molecule has 0 aliphatic carbocycles. The predicted molar refractivity (Wildman–Crippen MR) is 119 cm³/mol. The Morgan fingerprint density at radius 1 is 1.09 bits per heavy atom. The average molecular weight is 454 g/mol. The van der Waals surface area contributed by atoms with E-state index in [4.69, 9.17) is 9.47 Å². The minimum absolute atomic E-state index is 0.290. The van der Waals surface area contributed by atoms with E-state index >= 15 is 0 Å². The Hall–Kier alpha value is -3.10. The first-order chi connectivity index (χ1) is 15.9. The summed E-state index contributed by atoms with van der Waals surface area (Å²) in [6, 6.07) is 9.78. The third-order valence-electron chi connectivity index (χ3n) is 6.34. The van der Waals surface area contributed by atoms with Gasteiger partial charge in [-0.2, -0.15) is 0 Å². The molecule has 2 unspecified atom stereocenters. The van der Waals surface area contributed by atoms with Gasteiger partial charge < -0.3 is 14.4 Å². The van der Waals surface area contributed by atoms with Crippen LogP contribution in [0.3, 0.4) is 0 Å². The van der Waals surface area contributed by atoms with Crippen molar-refractivity contribution in [3.63, 3.8) is 0 Å². The van der Waals surface area contributed by atoms with Gasteiger partial charge in [0.15, 0.2) is 5.78 Å². The van der Waals surface area contributed by atoms with Gasteiger partial charge in [0.05, 0.1) is 26.4 Å². The molecular formula is C25H27FN2O5. The highest BCUT2D eigenvalue weighted by Crippen LogP contribution is 2.38. The Bertz CT molecular complexity index is 1050. The van der Waals surface area contributed by atoms with Crippen molar-refractivity contribution < 1.29 is 28.2 Å². The van der Waals surface area contributed by atoms with E-state index in [1.54, 1.807) is 25.3 Å². The Labute approximate surface area is 192 Å². The van der Waals surface area contributed by atoms with Crippen LogP contribution >= 0.6 is 0 Å². The molecule has 2 heterocycles. The zero-order chi connectivity index (χ0) is 23.5. The van der Waals surface area contributed by atoms with Gasteiger partial charge in [0.25, 0.3) is 5.91 Å². The minimum Gasteiger partial charge on any atom is -0.496 e. The lowest BCUT2D eigenvalue weighted by Gasteiger charge is -2.31. The Kier molecular flexibility index (Phi) is 6.85. The molecule has 4 rings (SSSR count). The van der Waals surface area contributed by atoms with Gasteiger partial charge in [-0.25, -0.2) is 4.39 Å². The molecular weight excluding hydrogens is 427 g/mol. The number of ether oxygens (including phenoxy) is 2. The first-order valence-electron chi connectivity index (χ1n) is 11.0. The van der Waals surface area contributed by atoms with Crippen molar-refractivity contribution in [3.8, 4) is 5.75 Å². The van der Waals surface area contributed by atoms with Gasteiger partial charge in [0.1, 0.15) is 17.5 Å². The van der Waals surface area contributed by atoms with Gasteiger partial charge in [-0.15, -0.1) is 0 Å². The van der Waals surface area contributed by atoms with Gasteiger partial charge in [-0.1, -0.05) is 12.1 Å². The number of carbonyl (C=O) groups excluding carboxylic acids is 3. The van der Waals surface area contributed by atoms with Crippen molar-refractivity contribution >= 4 is 17.5 Å². The highest BCUT2D eigenvalue weighted by Gasteiger charge is 2.51. The number of benzene rings is 2. The molecule has 0 radical (unpaired) electrons. The number of aryl methyl sites for hydroxylation is 1. The van der Waals surface area contributed by atoms with E-state index in [1.807, 2.05) is 6.92 Å². The topological polar surface area (TPSA) is 76.2 Å². The van der Waals surface area contributed by atoms with Gasteiger partial charge in [0, 0.05) is 31.7 Å². The standard InChI is InChI=1S/C25H27FN2O5/c1-16-15-18(5-8-20(16)32-2)23(29)21-22(17-3-6-19(26)7-4-17)28(25(31)24(21)30)10-9-27-11-13-33-14-12-27/h3-8,15,21-22H,9-14H2,1-2H3. The fourth-order valence-electron chi connectivity index (χ4n) is 4.54. The van der Waals surface area contributed by atoms with Crippen molar-refractivity contribution in [2.45, 2.75) is 13.0 Å². The summed E-state index contributed by atoms with van der Waals surface area (Å²) in [5, 5.41) is 0. The summed E-state index contributed by atoms with van der Waals surface area (Å²) in [5.74, 6) is -2.83. The van der Waals surface area contributed by atoms with Crippen molar-refractivity contribution in [2.75, 3.05) is 46.5 Å². The number of likely N-dealkylation sites (tertiary alicyclic amines) is 1. The van der Waals surface area contributed by atoms with Crippen LogP contribution < -0.4 is 4.74 Å². The first kappa shape index (κ1) is 23.1. The fraction of sp³-hybridized carbons (Fsp3) is 0.400. The van der Waals surface area contributed by atoms with Crippen LogP contribution in [0.15, 0.2) is 42.5 Å². The summed E-state index contributed by atoms with van der Waals surface area (Å²) in [5.41, 5.74) is 1.64. The predicted octanol–water partition coefficient (Wildman–Crippen LogP) is 2.43. The van der Waals surface area contributed by atoms with Crippen LogP contribution in [0.4, 0.5) is 4.39 Å². The lowest BCUT2D eigenvalue weighted by Crippen LogP contribution is -2.42. The van der Waals surface area contributed by atoms with Crippen LogP contribution in [0.5, 0.6) is 5.75 Å². The monoisotopic (exact) mass is 454 g/mol. The maximum atomic E-state index is 13.6. The third-order valence-corrected chi connectivity index (χ3v) is 6.34. The van der Waals surface area contributed by atoms with Crippen LogP contribution in [-0.2, 0) is 14.3 Å². The molecule has 2 saturated heterocycles. The number of hydrogen-bond donors (Lipinski definition) is 0. The molecule has 0 N–H and O–H groups in total. The number of carbonyl (C=O) groups is 3. The van der Waals surface area contributed by atoms with Gasteiger partial charge in [0.2, 0.25) is 5.78 Å². The summed E-state index contributed by atoms with van der Waals surface area (Å²) < 4.78 is 24.2. The maximum absolute atomic E-state index is 13.6. The number of amides is 1. The molecule has 2 aromatic rings. The molecule has 0 saturated carbocycles. The number of morpholine rings is 1. The number of ketones is 2. The number of halogens is 1. The molecule has 174 valence electrons. The second kappa shape index (κ2) is 9.80. The van der Waals surface area contributed by atoms with Gasteiger partial charge >= 0.3 is 0 Å². The Balaban J connectivity index is 1.67. The van der Waals surface area contributed by atoms with Crippen molar-refractivity contribution in [1.29, 1.82) is 0 Å². The van der Waals surface area contributed by atoms with Crippen molar-refractivity contribution in [1.82, 2.24) is 9.80 Å². The number of Topliss-reactive ketones (excluding diaryl/α,β-unsaturated/α-hetero) is 2. The molecule has 2 aliphatic heterocycles. The molecule has 2 fully saturated rings. The van der Waals surface area contributed by atoms with Gasteiger partial charge in [-0.3, -0.25) is 19.3 Å². The smallest absolute Gasteiger partial charge is 0.291 e. The Morgan fingerprint density at radius 3 is 2.42 bits per heavy atom.